The molecule has 2 aromatic rings. The molecule has 1 atom stereocenters. The molecule has 38 heavy (non-hydrogen) atoms. The van der Waals surface area contributed by atoms with Crippen LogP contribution in [0.25, 0.3) is 5.57 Å². The quantitative estimate of drug-likeness (QED) is 0.165. The average Bonchev–Trinajstić information content (AvgIpc) is 2.93. The summed E-state index contributed by atoms with van der Waals surface area (Å²) in [6.07, 6.45) is 16.9. The van der Waals surface area contributed by atoms with Gasteiger partial charge in [-0.3, -0.25) is 9.98 Å². The van der Waals surface area contributed by atoms with Crippen LogP contribution in [0, 0.1) is 18.2 Å². The number of terminal acetylenes is 1. The fourth-order valence-electron chi connectivity index (χ4n) is 4.04. The summed E-state index contributed by atoms with van der Waals surface area (Å²) in [6, 6.07) is 14.9. The van der Waals surface area contributed by atoms with Crippen molar-refractivity contribution in [3.63, 3.8) is 0 Å². The van der Waals surface area contributed by atoms with E-state index in [9.17, 15) is 4.39 Å². The number of aliphatic imine (C=N–C) groups is 2. The highest BCUT2D eigenvalue weighted by Crippen LogP contribution is 2.28. The molecular formula is C34H38FN3. The normalized spacial score (nSPS) is 14.1. The highest BCUT2D eigenvalue weighted by molar-refractivity contribution is 5.75. The lowest BCUT2D eigenvalue weighted by Gasteiger charge is -2.19. The van der Waals surface area contributed by atoms with Crippen molar-refractivity contribution in [1.82, 2.24) is 5.32 Å². The van der Waals surface area contributed by atoms with Crippen molar-refractivity contribution in [2.24, 2.45) is 9.98 Å². The summed E-state index contributed by atoms with van der Waals surface area (Å²) < 4.78 is 13.5. The molecule has 2 aromatic carbocycles. The Morgan fingerprint density at radius 1 is 1.13 bits per heavy atom. The number of benzene rings is 2. The molecule has 0 saturated heterocycles. The molecule has 0 heterocycles. The first-order valence-electron chi connectivity index (χ1n) is 12.8. The van der Waals surface area contributed by atoms with E-state index < -0.39 is 0 Å². The van der Waals surface area contributed by atoms with Crippen LogP contribution < -0.4 is 5.32 Å². The Morgan fingerprint density at radius 2 is 1.82 bits per heavy atom. The maximum atomic E-state index is 13.5. The third-order valence-electron chi connectivity index (χ3n) is 6.17. The van der Waals surface area contributed by atoms with Gasteiger partial charge in [-0.2, -0.15) is 0 Å². The number of nitrogens with zero attached hydrogens (tertiary/aromatic N) is 2. The van der Waals surface area contributed by atoms with Crippen LogP contribution in [0.1, 0.15) is 63.1 Å². The van der Waals surface area contributed by atoms with E-state index in [-0.39, 0.29) is 11.7 Å². The lowest BCUT2D eigenvalue weighted by Crippen LogP contribution is -2.15. The fraction of sp³-hybridized carbons (Fsp3) is 0.235. The molecule has 4 heteroatoms. The van der Waals surface area contributed by atoms with Crippen LogP contribution in [-0.2, 0) is 6.54 Å². The lowest BCUT2D eigenvalue weighted by atomic mass is 9.90. The first-order valence-corrected chi connectivity index (χ1v) is 12.8. The Morgan fingerprint density at radius 3 is 2.37 bits per heavy atom. The van der Waals surface area contributed by atoms with E-state index in [1.807, 2.05) is 26.1 Å². The second kappa shape index (κ2) is 15.8. The maximum Gasteiger partial charge on any atom is 0.123 e. The fourth-order valence-corrected chi connectivity index (χ4v) is 4.04. The van der Waals surface area contributed by atoms with Gasteiger partial charge in [-0.15, -0.1) is 6.42 Å². The minimum atomic E-state index is -0.257. The van der Waals surface area contributed by atoms with E-state index in [1.54, 1.807) is 24.4 Å². The third-order valence-corrected chi connectivity index (χ3v) is 6.17. The number of allylic oxidation sites excluding steroid dienone is 8. The Balaban J connectivity index is 2.32. The van der Waals surface area contributed by atoms with Crippen LogP contribution in [0.5, 0.6) is 0 Å². The molecule has 2 rings (SSSR count). The van der Waals surface area contributed by atoms with Crippen molar-refractivity contribution in [3.8, 4) is 12.3 Å². The molecule has 0 aliphatic rings. The smallest absolute Gasteiger partial charge is 0.123 e. The SMILES string of the molecule is C#C/C(C=C)=C/C(=C(\C)NCc1ccc(C(/C=C(\CCC)N=CC)=C/N=C)cc1)[C@@H](C)c1ccc(F)cc1. The third kappa shape index (κ3) is 9.01. The Labute approximate surface area is 228 Å². The van der Waals surface area contributed by atoms with Gasteiger partial charge in [0.05, 0.1) is 0 Å². The summed E-state index contributed by atoms with van der Waals surface area (Å²) in [7, 11) is 0. The van der Waals surface area contributed by atoms with Crippen LogP contribution in [-0.4, -0.2) is 12.9 Å². The zero-order valence-corrected chi connectivity index (χ0v) is 23.0. The molecule has 196 valence electrons. The minimum Gasteiger partial charge on any atom is -0.384 e. The number of rotatable bonds is 13. The van der Waals surface area contributed by atoms with Gasteiger partial charge in [0.2, 0.25) is 0 Å². The van der Waals surface area contributed by atoms with E-state index in [4.69, 9.17) is 6.42 Å². The van der Waals surface area contributed by atoms with Crippen LogP contribution >= 0.6 is 0 Å². The molecule has 0 amide bonds. The van der Waals surface area contributed by atoms with Gasteiger partial charge < -0.3 is 5.32 Å². The van der Waals surface area contributed by atoms with E-state index in [0.717, 1.165) is 52.1 Å². The second-order valence-electron chi connectivity index (χ2n) is 8.89. The van der Waals surface area contributed by atoms with E-state index in [0.29, 0.717) is 12.1 Å². The van der Waals surface area contributed by atoms with Gasteiger partial charge in [-0.25, -0.2) is 4.39 Å². The number of hydrogen-bond acceptors (Lipinski definition) is 3. The highest BCUT2D eigenvalue weighted by atomic mass is 19.1. The van der Waals surface area contributed by atoms with E-state index in [2.05, 4.69) is 78.7 Å². The molecule has 0 saturated carbocycles. The zero-order valence-electron chi connectivity index (χ0n) is 23.0. The maximum absolute atomic E-state index is 13.5. The summed E-state index contributed by atoms with van der Waals surface area (Å²) in [5, 5.41) is 3.54. The van der Waals surface area contributed by atoms with Crippen LogP contribution in [0.4, 0.5) is 4.39 Å². The van der Waals surface area contributed by atoms with Crippen LogP contribution in [0.15, 0.2) is 112 Å². The average molecular weight is 508 g/mol. The lowest BCUT2D eigenvalue weighted by molar-refractivity contribution is 0.626. The minimum absolute atomic E-state index is 0.00255. The predicted octanol–water partition coefficient (Wildman–Crippen LogP) is 8.55. The molecule has 0 bridgehead atoms. The number of halogens is 1. The van der Waals surface area contributed by atoms with Gasteiger partial charge in [0.1, 0.15) is 5.82 Å². The van der Waals surface area contributed by atoms with Gasteiger partial charge in [-0.1, -0.05) is 75.2 Å². The standard InChI is InChI=1S/C34H38FN3/c1-8-12-33(37-11-4)22-31(24-36-7)30-15-13-28(14-16-30)23-38-26(6)34(21-27(9-2)10-3)25(5)29-17-19-32(35)20-18-29/h2,10-11,13-22,24-25,38H,3,7-8,12,23H2,1,4-6H3/b27-21-,31-24+,33-22+,34-26-,37-11?/t25-/m0/s1. The summed E-state index contributed by atoms with van der Waals surface area (Å²) in [5.41, 5.74) is 7.86. The number of hydrogen-bond donors (Lipinski definition) is 1. The molecule has 0 aliphatic carbocycles. The predicted molar refractivity (Wildman–Crippen MR) is 163 cm³/mol. The largest absolute Gasteiger partial charge is 0.384 e. The first-order chi connectivity index (χ1) is 18.4. The molecule has 0 aliphatic heterocycles. The zero-order chi connectivity index (χ0) is 27.9. The molecule has 0 aromatic heterocycles. The molecule has 0 fully saturated rings. The van der Waals surface area contributed by atoms with Crippen molar-refractivity contribution < 1.29 is 4.39 Å². The summed E-state index contributed by atoms with van der Waals surface area (Å²) in [5.74, 6) is 2.42. The molecule has 0 unspecified atom stereocenters. The van der Waals surface area contributed by atoms with Gasteiger partial charge in [0.15, 0.2) is 0 Å². The van der Waals surface area contributed by atoms with E-state index in [1.165, 1.54) is 12.1 Å². The van der Waals surface area contributed by atoms with Crippen molar-refractivity contribution in [1.29, 1.82) is 0 Å². The summed E-state index contributed by atoms with van der Waals surface area (Å²) in [4.78, 5) is 8.49. The van der Waals surface area contributed by atoms with Crippen molar-refractivity contribution in [2.75, 3.05) is 0 Å². The summed E-state index contributed by atoms with van der Waals surface area (Å²) >= 11 is 0. The first kappa shape index (κ1) is 30.0. The number of nitrogens with one attached hydrogen (secondary N) is 1. The molecule has 1 N–H and O–H groups in total. The van der Waals surface area contributed by atoms with Gasteiger partial charge in [0, 0.05) is 47.4 Å². The van der Waals surface area contributed by atoms with Crippen molar-refractivity contribution in [3.05, 3.63) is 125 Å². The van der Waals surface area contributed by atoms with Gasteiger partial charge >= 0.3 is 0 Å². The molecule has 0 spiro atoms. The molecule has 0 radical (unpaired) electrons. The second-order valence-corrected chi connectivity index (χ2v) is 8.89. The van der Waals surface area contributed by atoms with E-state index >= 15 is 0 Å². The van der Waals surface area contributed by atoms with Crippen molar-refractivity contribution >= 4 is 18.5 Å². The van der Waals surface area contributed by atoms with Crippen molar-refractivity contribution in [2.45, 2.75) is 53.0 Å². The monoisotopic (exact) mass is 507 g/mol. The topological polar surface area (TPSA) is 36.8 Å². The van der Waals surface area contributed by atoms with Crippen LogP contribution in [0.2, 0.25) is 0 Å². The Hall–Kier alpha value is -4.23. The molecule has 3 nitrogen and oxygen atoms in total. The highest BCUT2D eigenvalue weighted by Gasteiger charge is 2.14. The molecular weight excluding hydrogens is 469 g/mol. The Kier molecular flexibility index (Phi) is 12.5. The van der Waals surface area contributed by atoms with Gasteiger partial charge in [0.25, 0.3) is 0 Å². The van der Waals surface area contributed by atoms with Gasteiger partial charge in [-0.05, 0) is 73.5 Å². The Bertz CT molecular complexity index is 1280. The summed E-state index contributed by atoms with van der Waals surface area (Å²) in [6.45, 7) is 16.3. The van der Waals surface area contributed by atoms with Crippen LogP contribution in [0.3, 0.4) is 0 Å².